The molecular weight excluding hydrogens is 677 g/mol. The molecule has 0 N–H and O–H groups in total. The number of nitrogens with zero attached hydrogens (tertiary/aromatic N) is 2. The summed E-state index contributed by atoms with van der Waals surface area (Å²) in [5.41, 5.74) is 17.8. The number of hydrogen-bond donors (Lipinski definition) is 0. The minimum Gasteiger partial charge on any atom is -0.309 e. The topological polar surface area (TPSA) is 17.8 Å². The summed E-state index contributed by atoms with van der Waals surface area (Å²) in [5.74, 6) is 0. The Morgan fingerprint density at radius 3 is 1.75 bits per heavy atom. The molecule has 0 fully saturated rings. The number of fused-ring (bicyclic) bond motifs is 8. The van der Waals surface area contributed by atoms with Crippen molar-refractivity contribution in [2.24, 2.45) is 0 Å². The minimum atomic E-state index is -0.0956. The van der Waals surface area contributed by atoms with Crippen molar-refractivity contribution in [3.05, 3.63) is 205 Å². The van der Waals surface area contributed by atoms with E-state index in [1.54, 1.807) is 0 Å². The van der Waals surface area contributed by atoms with Gasteiger partial charge in [-0.15, -0.1) is 0 Å². The Morgan fingerprint density at radius 1 is 0.411 bits per heavy atom. The second-order valence-corrected chi connectivity index (χ2v) is 15.6. The van der Waals surface area contributed by atoms with E-state index in [1.807, 2.05) is 0 Å². The lowest BCUT2D eigenvalue weighted by Gasteiger charge is -2.24. The molecule has 2 heteroatoms. The number of para-hydroxylation sites is 2. The van der Waals surface area contributed by atoms with Crippen LogP contribution in [-0.4, -0.2) is 9.55 Å². The van der Waals surface area contributed by atoms with Crippen LogP contribution in [0.5, 0.6) is 0 Å². The first kappa shape index (κ1) is 32.4. The Labute approximate surface area is 327 Å². The molecule has 0 saturated carbocycles. The summed E-state index contributed by atoms with van der Waals surface area (Å²) in [5, 5.41) is 5.12. The van der Waals surface area contributed by atoms with Gasteiger partial charge in [0.2, 0.25) is 0 Å². The molecule has 0 atom stereocenters. The highest BCUT2D eigenvalue weighted by atomic mass is 15.0. The highest BCUT2D eigenvalue weighted by molar-refractivity contribution is 6.09. The molecule has 0 spiro atoms. The zero-order valence-corrected chi connectivity index (χ0v) is 31.4. The van der Waals surface area contributed by atoms with Crippen LogP contribution in [0.2, 0.25) is 0 Å². The van der Waals surface area contributed by atoms with E-state index in [9.17, 15) is 0 Å². The second kappa shape index (κ2) is 12.5. The van der Waals surface area contributed by atoms with Gasteiger partial charge in [-0.05, 0) is 97.7 Å². The monoisotopic (exact) mass is 714 g/mol. The predicted octanol–water partition coefficient (Wildman–Crippen LogP) is 14.3. The lowest BCUT2D eigenvalue weighted by molar-refractivity contribution is 0.666. The van der Waals surface area contributed by atoms with Gasteiger partial charge in [0.25, 0.3) is 0 Å². The van der Waals surface area contributed by atoms with Crippen molar-refractivity contribution in [1.82, 2.24) is 9.55 Å². The van der Waals surface area contributed by atoms with E-state index in [1.165, 1.54) is 66.0 Å². The number of aromatic nitrogens is 2. The Balaban J connectivity index is 1.05. The predicted molar refractivity (Wildman–Crippen MR) is 235 cm³/mol. The summed E-state index contributed by atoms with van der Waals surface area (Å²) < 4.78 is 2.37. The summed E-state index contributed by atoms with van der Waals surface area (Å²) in [6, 6.07) is 70.6. The van der Waals surface area contributed by atoms with Crippen molar-refractivity contribution in [2.75, 3.05) is 0 Å². The first-order chi connectivity index (χ1) is 27.5. The van der Waals surface area contributed by atoms with Gasteiger partial charge in [0.1, 0.15) is 0 Å². The van der Waals surface area contributed by atoms with Crippen LogP contribution in [-0.2, 0) is 5.41 Å². The Kier molecular flexibility index (Phi) is 7.24. The van der Waals surface area contributed by atoms with Crippen LogP contribution in [0.4, 0.5) is 0 Å². The average Bonchev–Trinajstić information content (AvgIpc) is 3.72. The largest absolute Gasteiger partial charge is 0.309 e. The van der Waals surface area contributed by atoms with Gasteiger partial charge in [-0.1, -0.05) is 166 Å². The number of benzene rings is 8. The molecule has 2 nitrogen and oxygen atoms in total. The van der Waals surface area contributed by atoms with Crippen LogP contribution in [0.1, 0.15) is 25.0 Å². The van der Waals surface area contributed by atoms with Crippen LogP contribution < -0.4 is 0 Å². The molecule has 0 bridgehead atoms. The Bertz CT molecular complexity index is 3090. The van der Waals surface area contributed by atoms with Crippen molar-refractivity contribution in [3.63, 3.8) is 0 Å². The highest BCUT2D eigenvalue weighted by Gasteiger charge is 2.38. The summed E-state index contributed by atoms with van der Waals surface area (Å²) in [4.78, 5) is 5.31. The lowest BCUT2D eigenvalue weighted by atomic mass is 9.79. The molecule has 10 aromatic rings. The molecular formula is C54H38N2. The Morgan fingerprint density at radius 2 is 1.00 bits per heavy atom. The summed E-state index contributed by atoms with van der Waals surface area (Å²) >= 11 is 0. The molecule has 2 heterocycles. The van der Waals surface area contributed by atoms with Gasteiger partial charge >= 0.3 is 0 Å². The van der Waals surface area contributed by atoms with Crippen LogP contribution in [0.15, 0.2) is 194 Å². The van der Waals surface area contributed by atoms with E-state index in [2.05, 4.69) is 213 Å². The van der Waals surface area contributed by atoms with Gasteiger partial charge in [-0.25, -0.2) is 4.98 Å². The highest BCUT2D eigenvalue weighted by Crippen LogP contribution is 2.54. The number of rotatable bonds is 5. The van der Waals surface area contributed by atoms with Crippen molar-refractivity contribution in [3.8, 4) is 61.6 Å². The number of hydrogen-bond acceptors (Lipinski definition) is 1. The van der Waals surface area contributed by atoms with Crippen LogP contribution in [0.3, 0.4) is 0 Å². The molecule has 8 aromatic carbocycles. The van der Waals surface area contributed by atoms with Crippen LogP contribution in [0.25, 0.3) is 94.2 Å². The fourth-order valence-corrected chi connectivity index (χ4v) is 9.33. The zero-order chi connectivity index (χ0) is 37.4. The molecule has 1 aliphatic rings. The molecule has 0 unspecified atom stereocenters. The SMILES string of the molecule is CC1(C)c2ccccc2-c2c(-c3ccc(-c4cc(-c5ccccc5)nc(-c5cccc(-n6c7ccccc7c7ccccc76)c5)c4)cc3)cc3ccccc3c21. The number of pyridine rings is 1. The van der Waals surface area contributed by atoms with E-state index in [-0.39, 0.29) is 5.41 Å². The molecule has 56 heavy (non-hydrogen) atoms. The van der Waals surface area contributed by atoms with Crippen LogP contribution >= 0.6 is 0 Å². The molecule has 0 amide bonds. The summed E-state index contributed by atoms with van der Waals surface area (Å²) in [7, 11) is 0. The van der Waals surface area contributed by atoms with Crippen molar-refractivity contribution in [2.45, 2.75) is 19.3 Å². The van der Waals surface area contributed by atoms with Crippen LogP contribution in [0, 0.1) is 0 Å². The zero-order valence-electron chi connectivity index (χ0n) is 31.4. The van der Waals surface area contributed by atoms with E-state index in [0.717, 1.165) is 39.3 Å². The lowest BCUT2D eigenvalue weighted by Crippen LogP contribution is -2.15. The second-order valence-electron chi connectivity index (χ2n) is 15.6. The first-order valence-electron chi connectivity index (χ1n) is 19.5. The maximum absolute atomic E-state index is 5.31. The smallest absolute Gasteiger partial charge is 0.0716 e. The third kappa shape index (κ3) is 4.99. The molecule has 0 radical (unpaired) electrons. The summed E-state index contributed by atoms with van der Waals surface area (Å²) in [6.07, 6.45) is 0. The van der Waals surface area contributed by atoms with E-state index >= 15 is 0 Å². The van der Waals surface area contributed by atoms with Gasteiger partial charge in [0.15, 0.2) is 0 Å². The molecule has 0 saturated heterocycles. The van der Waals surface area contributed by atoms with Gasteiger partial charge in [-0.3, -0.25) is 0 Å². The molecule has 264 valence electrons. The van der Waals surface area contributed by atoms with E-state index in [4.69, 9.17) is 4.98 Å². The van der Waals surface area contributed by atoms with Gasteiger partial charge < -0.3 is 4.57 Å². The molecule has 1 aliphatic carbocycles. The third-order valence-electron chi connectivity index (χ3n) is 11.9. The maximum Gasteiger partial charge on any atom is 0.0716 e. The van der Waals surface area contributed by atoms with Gasteiger partial charge in [0.05, 0.1) is 22.4 Å². The molecule has 0 aliphatic heterocycles. The molecule has 2 aromatic heterocycles. The fourth-order valence-electron chi connectivity index (χ4n) is 9.33. The maximum atomic E-state index is 5.31. The van der Waals surface area contributed by atoms with Gasteiger partial charge in [-0.2, -0.15) is 0 Å². The van der Waals surface area contributed by atoms with E-state index < -0.39 is 0 Å². The molecule has 11 rings (SSSR count). The normalized spacial score (nSPS) is 13.0. The quantitative estimate of drug-likeness (QED) is 0.174. The van der Waals surface area contributed by atoms with Crippen molar-refractivity contribution >= 4 is 32.6 Å². The van der Waals surface area contributed by atoms with Crippen molar-refractivity contribution in [1.29, 1.82) is 0 Å². The third-order valence-corrected chi connectivity index (χ3v) is 11.9. The van der Waals surface area contributed by atoms with Crippen molar-refractivity contribution < 1.29 is 0 Å². The fraction of sp³-hybridized carbons (Fsp3) is 0.0556. The summed E-state index contributed by atoms with van der Waals surface area (Å²) in [6.45, 7) is 4.75. The average molecular weight is 715 g/mol. The first-order valence-corrected chi connectivity index (χ1v) is 19.5. The van der Waals surface area contributed by atoms with E-state index in [0.29, 0.717) is 0 Å². The standard InChI is InChI=1S/C54H38N2/c1-54(2)47-24-11-8-23-45(47)52-46(32-38-17-6-7-20-42(38)53(52)54)36-29-27-35(28-30-36)40-33-48(37-15-4-3-5-16-37)55-49(34-40)39-18-14-19-41(31-39)56-50-25-12-9-21-43(50)44-22-10-13-26-51(44)56/h3-34H,1-2H3. The van der Waals surface area contributed by atoms with Gasteiger partial charge in [0, 0.05) is 33.0 Å². The Hall–Kier alpha value is -7.03. The minimum absolute atomic E-state index is 0.0956.